The molecule has 0 saturated carbocycles. The Hall–Kier alpha value is -3.70. The Morgan fingerprint density at radius 2 is 1.81 bits per heavy atom. The zero-order valence-electron chi connectivity index (χ0n) is 21.4. The topological polar surface area (TPSA) is 93.4 Å². The molecule has 4 heterocycles. The molecular formula is C30H35N7. The highest BCUT2D eigenvalue weighted by Crippen LogP contribution is 2.34. The number of nitrogens with one attached hydrogen (secondary N) is 5. The summed E-state index contributed by atoms with van der Waals surface area (Å²) in [5, 5.41) is 10.5. The molecule has 2 aliphatic rings. The number of rotatable bonds is 7. The van der Waals surface area contributed by atoms with Crippen LogP contribution in [0.15, 0.2) is 48.7 Å². The maximum absolute atomic E-state index is 5.04. The Bertz CT molecular complexity index is 1340. The van der Waals surface area contributed by atoms with Gasteiger partial charge in [0.25, 0.3) is 0 Å². The molecule has 1 saturated heterocycles. The van der Waals surface area contributed by atoms with Crippen LogP contribution in [0.3, 0.4) is 0 Å². The van der Waals surface area contributed by atoms with Gasteiger partial charge in [0.05, 0.1) is 35.9 Å². The van der Waals surface area contributed by atoms with Gasteiger partial charge in [-0.15, -0.1) is 12.8 Å². The van der Waals surface area contributed by atoms with E-state index in [4.69, 9.17) is 4.98 Å². The molecule has 2 aromatic carbocycles. The van der Waals surface area contributed by atoms with E-state index in [2.05, 4.69) is 93.1 Å². The van der Waals surface area contributed by atoms with E-state index in [0.29, 0.717) is 6.04 Å². The van der Waals surface area contributed by atoms with Crippen molar-refractivity contribution in [2.24, 2.45) is 0 Å². The average molecular weight is 494 g/mol. The van der Waals surface area contributed by atoms with E-state index in [1.54, 1.807) is 0 Å². The number of fused-ring (bicyclic) bond motifs is 3. The highest BCUT2D eigenvalue weighted by atomic mass is 15.1. The van der Waals surface area contributed by atoms with Gasteiger partial charge in [0.2, 0.25) is 0 Å². The number of terminal acetylenes is 1. The molecule has 190 valence electrons. The van der Waals surface area contributed by atoms with Gasteiger partial charge in [-0.2, -0.15) is 0 Å². The van der Waals surface area contributed by atoms with Crippen molar-refractivity contribution in [3.8, 4) is 46.5 Å². The highest BCUT2D eigenvalue weighted by Gasteiger charge is 2.24. The monoisotopic (exact) mass is 493 g/mol. The number of hydrogen-bond donors (Lipinski definition) is 5. The molecule has 7 nitrogen and oxygen atoms in total. The van der Waals surface area contributed by atoms with Crippen molar-refractivity contribution in [2.75, 3.05) is 13.1 Å². The summed E-state index contributed by atoms with van der Waals surface area (Å²) in [7, 11) is 0. The third-order valence-electron chi connectivity index (χ3n) is 7.04. The van der Waals surface area contributed by atoms with Crippen LogP contribution in [0.5, 0.6) is 0 Å². The molecule has 0 spiro atoms. The van der Waals surface area contributed by atoms with Gasteiger partial charge in [0.1, 0.15) is 11.6 Å². The molecule has 37 heavy (non-hydrogen) atoms. The van der Waals surface area contributed by atoms with Crippen molar-refractivity contribution in [2.45, 2.75) is 51.9 Å². The Morgan fingerprint density at radius 3 is 2.59 bits per heavy atom. The van der Waals surface area contributed by atoms with Crippen molar-refractivity contribution in [1.82, 2.24) is 35.9 Å². The molecule has 1 fully saturated rings. The summed E-state index contributed by atoms with van der Waals surface area (Å²) in [4.78, 5) is 16.6. The molecule has 2 aliphatic heterocycles. The second-order valence-electron chi connectivity index (χ2n) is 9.57. The molecule has 0 unspecified atom stereocenters. The molecule has 0 radical (unpaired) electrons. The van der Waals surface area contributed by atoms with Crippen molar-refractivity contribution in [3.05, 3.63) is 71.6 Å². The van der Waals surface area contributed by atoms with Crippen LogP contribution in [-0.2, 0) is 19.6 Å². The Labute approximate surface area is 218 Å². The number of benzene rings is 2. The first-order valence-electron chi connectivity index (χ1n) is 13.1. The first kappa shape index (κ1) is 25.0. The van der Waals surface area contributed by atoms with E-state index >= 15 is 0 Å². The summed E-state index contributed by atoms with van der Waals surface area (Å²) in [5.41, 5.74) is 9.44. The van der Waals surface area contributed by atoms with E-state index in [1.807, 2.05) is 6.20 Å². The maximum Gasteiger partial charge on any atom is 0.124 e. The van der Waals surface area contributed by atoms with Crippen LogP contribution >= 0.6 is 0 Å². The molecule has 4 aromatic rings. The van der Waals surface area contributed by atoms with E-state index in [9.17, 15) is 0 Å². The zero-order chi connectivity index (χ0) is 25.6. The minimum Gasteiger partial charge on any atom is -0.343 e. The van der Waals surface area contributed by atoms with Gasteiger partial charge in [-0.3, -0.25) is 0 Å². The van der Waals surface area contributed by atoms with Crippen LogP contribution in [0.4, 0.5) is 0 Å². The standard InChI is InChI=1S/C28H33N7.C2H2/c1-2-11-29-17-26-32-16-24(33-26)19-7-5-18(6-8-19)20-9-10-22-21(13-20)14-30-15-25-27(22)35-28(34-25)23-4-3-12-31-23;1-2/h5-10,13,16,23,29-31H,2-4,11-12,14-15,17H2,1H3,(H,32,33)(H,34,35);1-2H/t23-;/m0./s1. The SMILES string of the molecule is C#C.CCCNCc1ncc(-c2ccc(-c3ccc4c(c3)CNCc3[nH]c([C@@H]5CCCN5)nc3-4)cc2)[nH]1. The van der Waals surface area contributed by atoms with Crippen molar-refractivity contribution in [1.29, 1.82) is 0 Å². The third kappa shape index (κ3) is 5.37. The fraction of sp³-hybridized carbons (Fsp3) is 0.333. The average Bonchev–Trinajstić information content (AvgIpc) is 3.70. The lowest BCUT2D eigenvalue weighted by atomic mass is 9.96. The lowest BCUT2D eigenvalue weighted by Crippen LogP contribution is -2.15. The van der Waals surface area contributed by atoms with E-state index in [-0.39, 0.29) is 0 Å². The fourth-order valence-corrected chi connectivity index (χ4v) is 5.16. The summed E-state index contributed by atoms with van der Waals surface area (Å²) in [5.74, 6) is 2.05. The van der Waals surface area contributed by atoms with Crippen molar-refractivity contribution >= 4 is 0 Å². The van der Waals surface area contributed by atoms with Gasteiger partial charge in [0, 0.05) is 18.7 Å². The second kappa shape index (κ2) is 11.6. The fourth-order valence-electron chi connectivity index (χ4n) is 5.16. The molecule has 0 bridgehead atoms. The van der Waals surface area contributed by atoms with Crippen LogP contribution < -0.4 is 16.0 Å². The molecule has 1 atom stereocenters. The maximum atomic E-state index is 5.04. The smallest absolute Gasteiger partial charge is 0.124 e. The third-order valence-corrected chi connectivity index (χ3v) is 7.04. The number of hydrogen-bond acceptors (Lipinski definition) is 5. The van der Waals surface area contributed by atoms with Crippen molar-refractivity contribution in [3.63, 3.8) is 0 Å². The Balaban J connectivity index is 0.00000137. The summed E-state index contributed by atoms with van der Waals surface area (Å²) < 4.78 is 0. The molecule has 7 heteroatoms. The first-order valence-corrected chi connectivity index (χ1v) is 13.1. The molecule has 5 N–H and O–H groups in total. The van der Waals surface area contributed by atoms with Gasteiger partial charge in [-0.05, 0) is 60.7 Å². The van der Waals surface area contributed by atoms with E-state index in [1.165, 1.54) is 34.4 Å². The lowest BCUT2D eigenvalue weighted by molar-refractivity contribution is 0.607. The van der Waals surface area contributed by atoms with Gasteiger partial charge in [0.15, 0.2) is 0 Å². The van der Waals surface area contributed by atoms with Crippen molar-refractivity contribution < 1.29 is 0 Å². The van der Waals surface area contributed by atoms with Crippen LogP contribution in [0.25, 0.3) is 33.6 Å². The van der Waals surface area contributed by atoms with Gasteiger partial charge < -0.3 is 25.9 Å². The number of imidazole rings is 2. The first-order chi connectivity index (χ1) is 18.3. The summed E-state index contributed by atoms with van der Waals surface area (Å²) in [6, 6.07) is 15.8. The normalized spacial score (nSPS) is 16.4. The predicted molar refractivity (Wildman–Crippen MR) is 149 cm³/mol. The van der Waals surface area contributed by atoms with Crippen LogP contribution in [0.2, 0.25) is 0 Å². The largest absolute Gasteiger partial charge is 0.343 e. The molecule has 0 amide bonds. The predicted octanol–water partition coefficient (Wildman–Crippen LogP) is 4.91. The van der Waals surface area contributed by atoms with Crippen LogP contribution in [-0.4, -0.2) is 33.0 Å². The number of aromatic nitrogens is 4. The van der Waals surface area contributed by atoms with Crippen LogP contribution in [0.1, 0.15) is 55.1 Å². The number of H-pyrrole nitrogens is 2. The van der Waals surface area contributed by atoms with Gasteiger partial charge in [-0.1, -0.05) is 43.3 Å². The minimum atomic E-state index is 0.349. The second-order valence-corrected chi connectivity index (χ2v) is 9.57. The van der Waals surface area contributed by atoms with E-state index < -0.39 is 0 Å². The Morgan fingerprint density at radius 1 is 1.00 bits per heavy atom. The van der Waals surface area contributed by atoms with E-state index in [0.717, 1.165) is 74.2 Å². The van der Waals surface area contributed by atoms with Crippen LogP contribution in [0, 0.1) is 12.8 Å². The summed E-state index contributed by atoms with van der Waals surface area (Å²) >= 11 is 0. The molecule has 2 aromatic heterocycles. The lowest BCUT2D eigenvalue weighted by Gasteiger charge is -2.10. The molecule has 6 rings (SSSR count). The number of aromatic amines is 2. The minimum absolute atomic E-state index is 0.349. The Kier molecular flexibility index (Phi) is 7.81. The summed E-state index contributed by atoms with van der Waals surface area (Å²) in [6.07, 6.45) is 13.4. The number of nitrogens with zero attached hydrogens (tertiary/aromatic N) is 2. The zero-order valence-corrected chi connectivity index (χ0v) is 21.4. The molecule has 0 aliphatic carbocycles. The van der Waals surface area contributed by atoms with Gasteiger partial charge in [-0.25, -0.2) is 9.97 Å². The molecular weight excluding hydrogens is 458 g/mol. The quantitative estimate of drug-likeness (QED) is 0.186. The van der Waals surface area contributed by atoms with Gasteiger partial charge >= 0.3 is 0 Å². The summed E-state index contributed by atoms with van der Waals surface area (Å²) in [6.45, 7) is 6.67. The highest BCUT2D eigenvalue weighted by molar-refractivity contribution is 5.75.